The number of hydrogen-bond acceptors (Lipinski definition) is 7. The third kappa shape index (κ3) is 5.72. The van der Waals surface area contributed by atoms with Crippen LogP contribution in [-0.4, -0.2) is 42.8 Å². The highest BCUT2D eigenvalue weighted by Crippen LogP contribution is 2.27. The Bertz CT molecular complexity index is 1190. The van der Waals surface area contributed by atoms with Gasteiger partial charge in [-0.25, -0.2) is 0 Å². The van der Waals surface area contributed by atoms with Crippen molar-refractivity contribution in [2.75, 3.05) is 26.2 Å². The fourth-order valence-corrected chi connectivity index (χ4v) is 3.67. The van der Waals surface area contributed by atoms with Crippen molar-refractivity contribution < 1.29 is 9.53 Å². The third-order valence-electron chi connectivity index (χ3n) is 5.28. The Kier molecular flexibility index (Phi) is 7.74. The number of carbonyl (C=O) groups is 1. The summed E-state index contributed by atoms with van der Waals surface area (Å²) in [4.78, 5) is 28.0. The number of allylic oxidation sites excluding steroid dienone is 1. The second-order valence-corrected chi connectivity index (χ2v) is 7.57. The van der Waals surface area contributed by atoms with Crippen molar-refractivity contribution in [1.82, 2.24) is 15.7 Å². The fourth-order valence-electron chi connectivity index (χ4n) is 3.67. The van der Waals surface area contributed by atoms with E-state index >= 15 is 0 Å². The van der Waals surface area contributed by atoms with Crippen LogP contribution in [0.5, 0.6) is 5.75 Å². The number of hydrogen-bond donors (Lipinski definition) is 2. The Hall–Kier alpha value is -4.33. The monoisotopic (exact) mass is 455 g/mol. The summed E-state index contributed by atoms with van der Waals surface area (Å²) in [6.45, 7) is 1.12. The van der Waals surface area contributed by atoms with Crippen molar-refractivity contribution in [3.05, 3.63) is 106 Å². The van der Waals surface area contributed by atoms with Crippen LogP contribution in [0.15, 0.2) is 89.3 Å². The van der Waals surface area contributed by atoms with Gasteiger partial charge in [-0.1, -0.05) is 47.6 Å². The van der Waals surface area contributed by atoms with Gasteiger partial charge in [0.1, 0.15) is 18.9 Å². The molecule has 0 saturated carbocycles. The molecule has 8 heteroatoms. The number of nitrogens with zero attached hydrogens (tertiary/aromatic N) is 3. The molecule has 8 nitrogen and oxygen atoms in total. The molecular weight excluding hydrogens is 430 g/mol. The van der Waals surface area contributed by atoms with Crippen molar-refractivity contribution in [2.24, 2.45) is 10.3 Å². The summed E-state index contributed by atoms with van der Waals surface area (Å²) >= 11 is 0. The smallest absolute Gasteiger partial charge is 0.252 e. The van der Waals surface area contributed by atoms with Gasteiger partial charge in [0.05, 0.1) is 23.4 Å². The summed E-state index contributed by atoms with van der Waals surface area (Å²) in [5, 5.41) is 10.3. The van der Waals surface area contributed by atoms with Gasteiger partial charge in [-0.05, 0) is 41.5 Å². The average Bonchev–Trinajstić information content (AvgIpc) is 2.90. The van der Waals surface area contributed by atoms with Crippen LogP contribution in [0.2, 0.25) is 0 Å². The molecule has 34 heavy (non-hydrogen) atoms. The van der Waals surface area contributed by atoms with E-state index in [1.54, 1.807) is 24.4 Å². The summed E-state index contributed by atoms with van der Waals surface area (Å²) in [6.07, 6.45) is 4.30. The summed E-state index contributed by atoms with van der Waals surface area (Å²) in [7, 11) is 0. The molecule has 1 aliphatic heterocycles. The number of ether oxygens (including phenoxy) is 1. The van der Waals surface area contributed by atoms with Gasteiger partial charge < -0.3 is 15.5 Å². The maximum absolute atomic E-state index is 13.2. The lowest BCUT2D eigenvalue weighted by Gasteiger charge is -2.19. The first-order chi connectivity index (χ1) is 16.8. The molecule has 0 fully saturated rings. The number of rotatable bonds is 10. The summed E-state index contributed by atoms with van der Waals surface area (Å²) < 4.78 is 5.81. The molecule has 1 aliphatic rings. The molecule has 0 unspecified atom stereocenters. The molecule has 172 valence electrons. The number of benzene rings is 2. The highest BCUT2D eigenvalue weighted by Gasteiger charge is 2.22. The summed E-state index contributed by atoms with van der Waals surface area (Å²) in [5.41, 5.74) is 7.64. The predicted molar refractivity (Wildman–Crippen MR) is 132 cm³/mol. The molecule has 0 aliphatic carbocycles. The van der Waals surface area contributed by atoms with E-state index in [4.69, 9.17) is 4.74 Å². The van der Waals surface area contributed by atoms with Crippen LogP contribution in [0.3, 0.4) is 0 Å². The largest absolute Gasteiger partial charge is 0.491 e. The fraction of sp³-hybridized carbons (Fsp3) is 0.192. The highest BCUT2D eigenvalue weighted by molar-refractivity contribution is 6.19. The number of nitroso groups, excluding NO2 is 1. The molecule has 0 saturated heterocycles. The Balaban J connectivity index is 1.62. The molecule has 0 spiro atoms. The molecule has 4 rings (SSSR count). The van der Waals surface area contributed by atoms with Crippen molar-refractivity contribution in [3.8, 4) is 5.75 Å². The molecule has 0 radical (unpaired) electrons. The van der Waals surface area contributed by atoms with Crippen LogP contribution in [-0.2, 0) is 6.42 Å². The van der Waals surface area contributed by atoms with Crippen molar-refractivity contribution in [2.45, 2.75) is 6.42 Å². The van der Waals surface area contributed by atoms with E-state index in [-0.39, 0.29) is 19.1 Å². The molecule has 0 atom stereocenters. The minimum absolute atomic E-state index is 0.00969. The lowest BCUT2D eigenvalue weighted by molar-refractivity contribution is 0.0953. The molecule has 1 aromatic heterocycles. The minimum atomic E-state index is -0.243. The second-order valence-electron chi connectivity index (χ2n) is 7.57. The average molecular weight is 456 g/mol. The van der Waals surface area contributed by atoms with Crippen LogP contribution in [0.4, 0.5) is 0 Å². The molecule has 2 N–H and O–H groups in total. The molecule has 0 bridgehead atoms. The van der Waals surface area contributed by atoms with Crippen LogP contribution < -0.4 is 15.5 Å². The lowest BCUT2D eigenvalue weighted by atomic mass is 9.96. The number of nitrogens with one attached hydrogen (secondary N) is 2. The number of amides is 1. The van der Waals surface area contributed by atoms with Crippen LogP contribution in [0.1, 0.15) is 27.2 Å². The topological polar surface area (TPSA) is 105 Å². The molecule has 1 amide bonds. The first-order valence-corrected chi connectivity index (χ1v) is 11.1. The number of aromatic nitrogens is 1. The first-order valence-electron chi connectivity index (χ1n) is 11.1. The van der Waals surface area contributed by atoms with E-state index in [9.17, 15) is 9.70 Å². The Morgan fingerprint density at radius 2 is 1.91 bits per heavy atom. The lowest BCUT2D eigenvalue weighted by Crippen LogP contribution is -2.29. The quantitative estimate of drug-likeness (QED) is 0.359. The van der Waals surface area contributed by atoms with E-state index in [0.29, 0.717) is 42.1 Å². The SMILES string of the molecule is O=NCCOc1cccc(C(=O)NCCc2ccccn2)c1C1=NNCC(c2ccccc2)=C1. The zero-order valence-corrected chi connectivity index (χ0v) is 18.6. The predicted octanol–water partition coefficient (Wildman–Crippen LogP) is 3.59. The van der Waals surface area contributed by atoms with Gasteiger partial charge in [-0.2, -0.15) is 10.0 Å². The van der Waals surface area contributed by atoms with Gasteiger partial charge in [0.25, 0.3) is 5.91 Å². The van der Waals surface area contributed by atoms with E-state index in [1.807, 2.05) is 54.6 Å². The van der Waals surface area contributed by atoms with Gasteiger partial charge in [-0.3, -0.25) is 9.78 Å². The highest BCUT2D eigenvalue weighted by atomic mass is 16.5. The van der Waals surface area contributed by atoms with Gasteiger partial charge >= 0.3 is 0 Å². The second kappa shape index (κ2) is 11.5. The zero-order valence-electron chi connectivity index (χ0n) is 18.6. The standard InChI is InChI=1S/C26H25N5O3/c32-26(28-14-12-21-9-4-5-13-27-21)22-10-6-11-24(34-16-15-30-33)25(22)23-17-20(18-29-31-23)19-7-2-1-3-8-19/h1-11,13,17,29H,12,14-16,18H2,(H,28,32). The van der Waals surface area contributed by atoms with Crippen molar-refractivity contribution in [3.63, 3.8) is 0 Å². The third-order valence-corrected chi connectivity index (χ3v) is 5.28. The van der Waals surface area contributed by atoms with Gasteiger partial charge in [0, 0.05) is 24.9 Å². The van der Waals surface area contributed by atoms with Gasteiger partial charge in [-0.15, -0.1) is 0 Å². The number of pyridine rings is 1. The molecule has 2 aromatic carbocycles. The first kappa shape index (κ1) is 22.8. The normalized spacial score (nSPS) is 12.7. The van der Waals surface area contributed by atoms with E-state index in [2.05, 4.69) is 26.0 Å². The summed E-state index contributed by atoms with van der Waals surface area (Å²) in [5.74, 6) is 0.222. The molecular formula is C26H25N5O3. The van der Waals surface area contributed by atoms with Crippen molar-refractivity contribution in [1.29, 1.82) is 0 Å². The van der Waals surface area contributed by atoms with Crippen molar-refractivity contribution >= 4 is 17.2 Å². The molecule has 2 heterocycles. The Morgan fingerprint density at radius 1 is 1.06 bits per heavy atom. The zero-order chi connectivity index (χ0) is 23.6. The van der Waals surface area contributed by atoms with E-state index < -0.39 is 0 Å². The van der Waals surface area contributed by atoms with Crippen LogP contribution in [0, 0.1) is 4.91 Å². The maximum Gasteiger partial charge on any atom is 0.252 e. The van der Waals surface area contributed by atoms with E-state index in [1.165, 1.54) is 0 Å². The number of hydrazone groups is 1. The Labute approximate surface area is 197 Å². The van der Waals surface area contributed by atoms with Gasteiger partial charge in [0.15, 0.2) is 0 Å². The summed E-state index contributed by atoms with van der Waals surface area (Å²) in [6, 6.07) is 20.9. The minimum Gasteiger partial charge on any atom is -0.491 e. The van der Waals surface area contributed by atoms with Crippen LogP contribution in [0.25, 0.3) is 5.57 Å². The van der Waals surface area contributed by atoms with Gasteiger partial charge in [0.2, 0.25) is 0 Å². The maximum atomic E-state index is 13.2. The number of carbonyl (C=O) groups excluding carboxylic acids is 1. The van der Waals surface area contributed by atoms with Crippen LogP contribution >= 0.6 is 0 Å². The Morgan fingerprint density at radius 3 is 2.71 bits per heavy atom. The van der Waals surface area contributed by atoms with E-state index in [0.717, 1.165) is 16.8 Å². The molecule has 3 aromatic rings.